The van der Waals surface area contributed by atoms with Crippen LogP contribution in [0, 0.1) is 0 Å². The molecule has 2 unspecified atom stereocenters. The van der Waals surface area contributed by atoms with Crippen LogP contribution in [0.2, 0.25) is 0 Å². The minimum absolute atomic E-state index is 0.0633. The van der Waals surface area contributed by atoms with Crippen molar-refractivity contribution in [1.29, 1.82) is 0 Å². The predicted octanol–water partition coefficient (Wildman–Crippen LogP) is 1.69. The van der Waals surface area contributed by atoms with Gasteiger partial charge >= 0.3 is 6.18 Å². The highest BCUT2D eigenvalue weighted by atomic mass is 19.4. The molecule has 1 saturated heterocycles. The fraction of sp³-hybridized carbons (Fsp3) is 0.636. The summed E-state index contributed by atoms with van der Waals surface area (Å²) in [5.74, 6) is -1.22. The Balaban J connectivity index is 2.36. The van der Waals surface area contributed by atoms with Crippen LogP contribution in [0.5, 0.6) is 0 Å². The van der Waals surface area contributed by atoms with E-state index in [9.17, 15) is 13.2 Å². The lowest BCUT2D eigenvalue weighted by atomic mass is 10.2. The smallest absolute Gasteiger partial charge is 0.384 e. The summed E-state index contributed by atoms with van der Waals surface area (Å²) in [5, 5.41) is 0. The van der Waals surface area contributed by atoms with Gasteiger partial charge in [-0.05, 0) is 13.8 Å². The third-order valence-electron chi connectivity index (χ3n) is 2.89. The molecular formula is C11H15F3N4O. The van der Waals surface area contributed by atoms with E-state index in [0.29, 0.717) is 13.2 Å². The normalized spacial score (nSPS) is 24.6. The number of nitrogens with two attached hydrogens (primary N) is 1. The Labute approximate surface area is 108 Å². The van der Waals surface area contributed by atoms with Crippen molar-refractivity contribution in [2.75, 3.05) is 23.8 Å². The van der Waals surface area contributed by atoms with E-state index < -0.39 is 12.0 Å². The zero-order valence-electron chi connectivity index (χ0n) is 10.6. The van der Waals surface area contributed by atoms with Gasteiger partial charge in [0, 0.05) is 12.6 Å². The topological polar surface area (TPSA) is 64.3 Å². The van der Waals surface area contributed by atoms with Gasteiger partial charge in [0.05, 0.1) is 18.8 Å². The summed E-state index contributed by atoms with van der Waals surface area (Å²) in [4.78, 5) is 8.55. The molecule has 2 N–H and O–H groups in total. The number of nitrogen functional groups attached to an aromatic ring is 1. The van der Waals surface area contributed by atoms with Gasteiger partial charge in [-0.1, -0.05) is 0 Å². The van der Waals surface area contributed by atoms with Crippen LogP contribution in [-0.4, -0.2) is 35.3 Å². The van der Waals surface area contributed by atoms with Crippen molar-refractivity contribution >= 4 is 11.6 Å². The Morgan fingerprint density at radius 3 is 2.68 bits per heavy atom. The molecule has 0 aliphatic carbocycles. The van der Waals surface area contributed by atoms with Crippen molar-refractivity contribution in [2.24, 2.45) is 0 Å². The quantitative estimate of drug-likeness (QED) is 0.845. The molecule has 19 heavy (non-hydrogen) atoms. The van der Waals surface area contributed by atoms with Crippen LogP contribution in [0.1, 0.15) is 19.7 Å². The summed E-state index contributed by atoms with van der Waals surface area (Å²) >= 11 is 0. The zero-order valence-corrected chi connectivity index (χ0v) is 10.6. The van der Waals surface area contributed by atoms with E-state index in [0.717, 1.165) is 0 Å². The molecule has 1 aromatic heterocycles. The summed E-state index contributed by atoms with van der Waals surface area (Å²) in [6.07, 6.45) is -4.67. The molecule has 1 aliphatic heterocycles. The van der Waals surface area contributed by atoms with Gasteiger partial charge in [0.25, 0.3) is 0 Å². The third kappa shape index (κ3) is 3.06. The molecule has 0 aromatic carbocycles. The molecule has 0 saturated carbocycles. The first kappa shape index (κ1) is 13.9. The van der Waals surface area contributed by atoms with Crippen LogP contribution in [-0.2, 0) is 10.9 Å². The second-order valence-corrected chi connectivity index (χ2v) is 4.62. The van der Waals surface area contributed by atoms with Crippen molar-refractivity contribution in [2.45, 2.75) is 32.2 Å². The summed E-state index contributed by atoms with van der Waals surface area (Å²) in [7, 11) is 0. The number of anilines is 2. The third-order valence-corrected chi connectivity index (χ3v) is 2.89. The molecule has 106 valence electrons. The summed E-state index contributed by atoms with van der Waals surface area (Å²) in [5.41, 5.74) is 5.43. The summed E-state index contributed by atoms with van der Waals surface area (Å²) in [6.45, 7) is 4.62. The minimum atomic E-state index is -4.61. The van der Waals surface area contributed by atoms with Gasteiger partial charge < -0.3 is 15.4 Å². The number of hydrogen-bond donors (Lipinski definition) is 1. The highest BCUT2D eigenvalue weighted by Crippen LogP contribution is 2.29. The van der Waals surface area contributed by atoms with Gasteiger partial charge in [-0.2, -0.15) is 13.2 Å². The number of morpholine rings is 1. The van der Waals surface area contributed by atoms with E-state index in [4.69, 9.17) is 10.5 Å². The second kappa shape index (κ2) is 4.84. The van der Waals surface area contributed by atoms with Gasteiger partial charge in [-0.15, -0.1) is 0 Å². The fourth-order valence-electron chi connectivity index (χ4n) is 1.95. The maximum absolute atomic E-state index is 12.7. The number of aromatic nitrogens is 2. The molecule has 2 atom stereocenters. The number of rotatable bonds is 1. The van der Waals surface area contributed by atoms with Crippen molar-refractivity contribution in [3.63, 3.8) is 0 Å². The number of alkyl halides is 3. The Morgan fingerprint density at radius 1 is 1.37 bits per heavy atom. The number of nitrogens with zero attached hydrogens (tertiary/aromatic N) is 3. The molecule has 2 heterocycles. The van der Waals surface area contributed by atoms with Crippen LogP contribution in [0.15, 0.2) is 6.07 Å². The zero-order chi connectivity index (χ0) is 14.2. The molecule has 1 fully saturated rings. The number of ether oxygens (including phenoxy) is 1. The van der Waals surface area contributed by atoms with Gasteiger partial charge in [-0.3, -0.25) is 0 Å². The minimum Gasteiger partial charge on any atom is -0.384 e. The van der Waals surface area contributed by atoms with Crippen LogP contribution < -0.4 is 10.6 Å². The molecule has 0 radical (unpaired) electrons. The Morgan fingerprint density at radius 2 is 2.05 bits per heavy atom. The van der Waals surface area contributed by atoms with Crippen molar-refractivity contribution < 1.29 is 17.9 Å². The molecule has 2 rings (SSSR count). The van der Waals surface area contributed by atoms with E-state index in [1.165, 1.54) is 6.07 Å². The molecule has 5 nitrogen and oxygen atoms in total. The Hall–Kier alpha value is -1.57. The first-order chi connectivity index (χ1) is 8.77. The lowest BCUT2D eigenvalue weighted by Crippen LogP contribution is -2.48. The standard InChI is InChI=1S/C11H15F3N4O/c1-6-5-19-7(2)4-18(6)9-3-8(15)16-10(17-9)11(12,13)14/h3,6-7H,4-5H2,1-2H3,(H2,15,16,17). The molecule has 0 bridgehead atoms. The largest absolute Gasteiger partial charge is 0.451 e. The monoisotopic (exact) mass is 276 g/mol. The number of hydrogen-bond acceptors (Lipinski definition) is 5. The number of halogens is 3. The first-order valence-electron chi connectivity index (χ1n) is 5.87. The molecule has 8 heteroatoms. The lowest BCUT2D eigenvalue weighted by molar-refractivity contribution is -0.144. The Kier molecular flexibility index (Phi) is 3.53. The van der Waals surface area contributed by atoms with E-state index in [2.05, 4.69) is 9.97 Å². The van der Waals surface area contributed by atoms with Crippen molar-refractivity contribution in [1.82, 2.24) is 9.97 Å². The van der Waals surface area contributed by atoms with Crippen molar-refractivity contribution in [3.8, 4) is 0 Å². The van der Waals surface area contributed by atoms with Gasteiger partial charge in [0.2, 0.25) is 5.82 Å². The van der Waals surface area contributed by atoms with E-state index in [1.54, 1.807) is 4.90 Å². The molecular weight excluding hydrogens is 261 g/mol. The average molecular weight is 276 g/mol. The van der Waals surface area contributed by atoms with E-state index >= 15 is 0 Å². The summed E-state index contributed by atoms with van der Waals surface area (Å²) < 4.78 is 43.4. The fourth-order valence-corrected chi connectivity index (χ4v) is 1.95. The Bertz CT molecular complexity index is 466. The van der Waals surface area contributed by atoms with E-state index in [1.807, 2.05) is 13.8 Å². The molecule has 0 spiro atoms. The maximum atomic E-state index is 12.7. The molecule has 1 aromatic rings. The maximum Gasteiger partial charge on any atom is 0.451 e. The average Bonchev–Trinajstić information content (AvgIpc) is 2.30. The highest BCUT2D eigenvalue weighted by Gasteiger charge is 2.36. The lowest BCUT2D eigenvalue weighted by Gasteiger charge is -2.37. The highest BCUT2D eigenvalue weighted by molar-refractivity contribution is 5.48. The summed E-state index contributed by atoms with van der Waals surface area (Å²) in [6, 6.07) is 1.29. The van der Waals surface area contributed by atoms with Crippen LogP contribution in [0.25, 0.3) is 0 Å². The molecule has 1 aliphatic rings. The van der Waals surface area contributed by atoms with E-state index in [-0.39, 0.29) is 23.8 Å². The first-order valence-corrected chi connectivity index (χ1v) is 5.87. The van der Waals surface area contributed by atoms with Gasteiger partial charge in [0.15, 0.2) is 0 Å². The second-order valence-electron chi connectivity index (χ2n) is 4.62. The SMILES string of the molecule is CC1CN(c2cc(N)nc(C(F)(F)F)n2)C(C)CO1. The van der Waals surface area contributed by atoms with Gasteiger partial charge in [-0.25, -0.2) is 9.97 Å². The van der Waals surface area contributed by atoms with Gasteiger partial charge in [0.1, 0.15) is 11.6 Å². The van der Waals surface area contributed by atoms with Crippen LogP contribution in [0.3, 0.4) is 0 Å². The van der Waals surface area contributed by atoms with Crippen LogP contribution in [0.4, 0.5) is 24.8 Å². The van der Waals surface area contributed by atoms with Crippen molar-refractivity contribution in [3.05, 3.63) is 11.9 Å². The van der Waals surface area contributed by atoms with Crippen LogP contribution >= 0.6 is 0 Å². The predicted molar refractivity (Wildman–Crippen MR) is 63.7 cm³/mol. The molecule has 0 amide bonds.